The van der Waals surface area contributed by atoms with Gasteiger partial charge in [-0.2, -0.15) is 0 Å². The van der Waals surface area contributed by atoms with Gasteiger partial charge in [0.1, 0.15) is 11.5 Å². The van der Waals surface area contributed by atoms with Crippen molar-refractivity contribution >= 4 is 0 Å². The Hall–Kier alpha value is -1.74. The molecule has 1 atom stereocenters. The number of nitrogens with two attached hydrogens (primary N) is 1. The van der Waals surface area contributed by atoms with Crippen molar-refractivity contribution in [2.24, 2.45) is 5.73 Å². The van der Waals surface area contributed by atoms with Crippen molar-refractivity contribution < 1.29 is 9.15 Å². The zero-order valence-electron chi connectivity index (χ0n) is 11.5. The highest BCUT2D eigenvalue weighted by Gasteiger charge is 2.16. The van der Waals surface area contributed by atoms with Gasteiger partial charge in [-0.3, -0.25) is 0 Å². The van der Waals surface area contributed by atoms with E-state index in [-0.39, 0.29) is 12.0 Å². The number of hydrogen-bond donors (Lipinski definition) is 1. The molecule has 1 unspecified atom stereocenters. The first kappa shape index (κ1) is 13.7. The molecule has 2 N–H and O–H groups in total. The highest BCUT2D eigenvalue weighted by Crippen LogP contribution is 2.29. The second kappa shape index (κ2) is 6.43. The summed E-state index contributed by atoms with van der Waals surface area (Å²) in [6.07, 6.45) is 2.77. The number of rotatable bonds is 6. The van der Waals surface area contributed by atoms with Crippen LogP contribution in [0.3, 0.4) is 0 Å². The minimum atomic E-state index is 0.191. The first-order valence-electron chi connectivity index (χ1n) is 6.70. The molecule has 0 spiro atoms. The van der Waals surface area contributed by atoms with Gasteiger partial charge in [0.15, 0.2) is 0 Å². The smallest absolute Gasteiger partial charge is 0.119 e. The summed E-state index contributed by atoms with van der Waals surface area (Å²) < 4.78 is 11.2. The van der Waals surface area contributed by atoms with E-state index in [9.17, 15) is 0 Å². The molecule has 0 amide bonds. The molecular weight excluding hydrogens is 238 g/mol. The summed E-state index contributed by atoms with van der Waals surface area (Å²) >= 11 is 0. The van der Waals surface area contributed by atoms with Crippen molar-refractivity contribution in [1.82, 2.24) is 0 Å². The quantitative estimate of drug-likeness (QED) is 0.863. The molecular formula is C16H21NO2. The van der Waals surface area contributed by atoms with E-state index in [4.69, 9.17) is 14.9 Å². The Labute approximate surface area is 114 Å². The molecule has 3 heteroatoms. The lowest BCUT2D eigenvalue weighted by Gasteiger charge is -2.15. The topological polar surface area (TPSA) is 48.4 Å². The average molecular weight is 259 g/mol. The van der Waals surface area contributed by atoms with Crippen LogP contribution in [-0.4, -0.2) is 12.6 Å². The van der Waals surface area contributed by atoms with Crippen LogP contribution in [0.1, 0.15) is 37.5 Å². The van der Waals surface area contributed by atoms with Crippen LogP contribution in [0.2, 0.25) is 0 Å². The fourth-order valence-corrected chi connectivity index (χ4v) is 2.18. The first-order valence-corrected chi connectivity index (χ1v) is 6.70. The van der Waals surface area contributed by atoms with Gasteiger partial charge in [-0.15, -0.1) is 0 Å². The van der Waals surface area contributed by atoms with E-state index in [0.717, 1.165) is 17.9 Å². The Kier molecular flexibility index (Phi) is 4.63. The fraction of sp³-hybridized carbons (Fsp3) is 0.375. The third-order valence-electron chi connectivity index (χ3n) is 3.00. The molecule has 0 bridgehead atoms. The van der Waals surface area contributed by atoms with Gasteiger partial charge in [-0.05, 0) is 56.6 Å². The van der Waals surface area contributed by atoms with Crippen LogP contribution in [-0.2, 0) is 0 Å². The summed E-state index contributed by atoms with van der Waals surface area (Å²) in [7, 11) is 0. The van der Waals surface area contributed by atoms with E-state index in [2.05, 4.69) is 12.1 Å². The minimum absolute atomic E-state index is 0.191. The molecule has 2 rings (SSSR count). The highest BCUT2D eigenvalue weighted by molar-refractivity contribution is 5.33. The van der Waals surface area contributed by atoms with E-state index in [1.165, 1.54) is 5.56 Å². The third-order valence-corrected chi connectivity index (χ3v) is 3.00. The largest absolute Gasteiger partial charge is 0.491 e. The Bertz CT molecular complexity index is 474. The Morgan fingerprint density at radius 3 is 2.42 bits per heavy atom. The van der Waals surface area contributed by atoms with Gasteiger partial charge in [-0.25, -0.2) is 0 Å². The molecule has 0 saturated carbocycles. The fourth-order valence-electron chi connectivity index (χ4n) is 2.18. The van der Waals surface area contributed by atoms with Crippen LogP contribution >= 0.6 is 0 Å². The van der Waals surface area contributed by atoms with E-state index in [1.807, 2.05) is 38.1 Å². The molecule has 2 aromatic rings. The normalized spacial score (nSPS) is 12.6. The van der Waals surface area contributed by atoms with Crippen molar-refractivity contribution in [2.75, 3.05) is 6.54 Å². The lowest BCUT2D eigenvalue weighted by atomic mass is 9.93. The molecule has 0 saturated heterocycles. The third kappa shape index (κ3) is 3.61. The van der Waals surface area contributed by atoms with Crippen LogP contribution in [0.15, 0.2) is 47.1 Å². The molecule has 1 aromatic carbocycles. The number of hydrogen-bond acceptors (Lipinski definition) is 3. The minimum Gasteiger partial charge on any atom is -0.491 e. The summed E-state index contributed by atoms with van der Waals surface area (Å²) in [5, 5.41) is 0. The van der Waals surface area contributed by atoms with Gasteiger partial charge < -0.3 is 14.9 Å². The molecule has 102 valence electrons. The number of ether oxygens (including phenoxy) is 1. The summed E-state index contributed by atoms with van der Waals surface area (Å²) in [6, 6.07) is 12.1. The lowest BCUT2D eigenvalue weighted by molar-refractivity contribution is 0.242. The maximum Gasteiger partial charge on any atom is 0.119 e. The van der Waals surface area contributed by atoms with Crippen LogP contribution < -0.4 is 10.5 Å². The molecule has 0 fully saturated rings. The first-order chi connectivity index (χ1) is 9.20. The Morgan fingerprint density at radius 1 is 1.16 bits per heavy atom. The van der Waals surface area contributed by atoms with E-state index in [1.54, 1.807) is 6.26 Å². The Balaban J connectivity index is 2.18. The van der Waals surface area contributed by atoms with Gasteiger partial charge in [0.05, 0.1) is 12.4 Å². The predicted molar refractivity (Wildman–Crippen MR) is 76.4 cm³/mol. The van der Waals surface area contributed by atoms with Crippen molar-refractivity contribution in [3.63, 3.8) is 0 Å². The molecule has 0 radical (unpaired) electrons. The van der Waals surface area contributed by atoms with Crippen LogP contribution in [0.5, 0.6) is 5.75 Å². The predicted octanol–water partition coefficient (Wildman–Crippen LogP) is 3.55. The second-order valence-electron chi connectivity index (χ2n) is 4.88. The van der Waals surface area contributed by atoms with Gasteiger partial charge in [0, 0.05) is 5.92 Å². The summed E-state index contributed by atoms with van der Waals surface area (Å²) in [6.45, 7) is 4.68. The maximum atomic E-state index is 5.70. The van der Waals surface area contributed by atoms with Crippen molar-refractivity contribution in [1.29, 1.82) is 0 Å². The summed E-state index contributed by atoms with van der Waals surface area (Å²) in [5.74, 6) is 2.07. The monoisotopic (exact) mass is 259 g/mol. The van der Waals surface area contributed by atoms with Crippen LogP contribution in [0, 0.1) is 0 Å². The van der Waals surface area contributed by atoms with Gasteiger partial charge in [-0.1, -0.05) is 12.1 Å². The van der Waals surface area contributed by atoms with Gasteiger partial charge >= 0.3 is 0 Å². The molecule has 1 aromatic heterocycles. The molecule has 19 heavy (non-hydrogen) atoms. The SMILES string of the molecule is CC(C)Oc1ccc(C(CCN)c2ccco2)cc1. The van der Waals surface area contributed by atoms with Crippen molar-refractivity contribution in [3.8, 4) is 5.75 Å². The Morgan fingerprint density at radius 2 is 1.89 bits per heavy atom. The van der Waals surface area contributed by atoms with Gasteiger partial charge in [0.25, 0.3) is 0 Å². The number of furan rings is 1. The average Bonchev–Trinajstić information content (AvgIpc) is 2.90. The molecule has 3 nitrogen and oxygen atoms in total. The lowest BCUT2D eigenvalue weighted by Crippen LogP contribution is -2.09. The maximum absolute atomic E-state index is 5.70. The van der Waals surface area contributed by atoms with E-state index >= 15 is 0 Å². The zero-order chi connectivity index (χ0) is 13.7. The van der Waals surface area contributed by atoms with Gasteiger partial charge in [0.2, 0.25) is 0 Å². The van der Waals surface area contributed by atoms with E-state index in [0.29, 0.717) is 6.54 Å². The van der Waals surface area contributed by atoms with Crippen LogP contribution in [0.25, 0.3) is 0 Å². The highest BCUT2D eigenvalue weighted by atomic mass is 16.5. The molecule has 0 aliphatic carbocycles. The van der Waals surface area contributed by atoms with Crippen molar-refractivity contribution in [3.05, 3.63) is 54.0 Å². The van der Waals surface area contributed by atoms with Crippen molar-refractivity contribution in [2.45, 2.75) is 32.3 Å². The standard InChI is InChI=1S/C16H21NO2/c1-12(2)19-14-7-5-13(6-8-14)15(9-10-17)16-4-3-11-18-16/h3-8,11-12,15H,9-10,17H2,1-2H3. The zero-order valence-corrected chi connectivity index (χ0v) is 11.5. The van der Waals surface area contributed by atoms with E-state index < -0.39 is 0 Å². The molecule has 0 aliphatic rings. The number of benzene rings is 1. The molecule has 1 heterocycles. The van der Waals surface area contributed by atoms with Crippen LogP contribution in [0.4, 0.5) is 0 Å². The summed E-state index contributed by atoms with van der Waals surface area (Å²) in [5.41, 5.74) is 6.91. The second-order valence-corrected chi connectivity index (χ2v) is 4.88. The summed E-state index contributed by atoms with van der Waals surface area (Å²) in [4.78, 5) is 0. The molecule has 0 aliphatic heterocycles.